The lowest BCUT2D eigenvalue weighted by Crippen LogP contribution is -2.23. The molecule has 5 nitrogen and oxygen atoms in total. The number of aryl methyl sites for hydroxylation is 3. The molecule has 0 unspecified atom stereocenters. The molecule has 0 fully saturated rings. The lowest BCUT2D eigenvalue weighted by Gasteiger charge is -2.08. The normalized spacial score (nSPS) is 11.8. The van der Waals surface area contributed by atoms with E-state index in [9.17, 15) is 8.42 Å². The number of hydrogen-bond acceptors (Lipinski definition) is 3. The number of hydrogen-bond donors (Lipinski definition) is 1. The zero-order valence-corrected chi connectivity index (χ0v) is 14.6. The molecule has 114 valence electrons. The average Bonchev–Trinajstić information content (AvgIpc) is 2.80. The molecule has 0 aliphatic carbocycles. The predicted octanol–water partition coefficient (Wildman–Crippen LogP) is 2.53. The number of benzene rings is 1. The largest absolute Gasteiger partial charge is 0.275 e. The Morgan fingerprint density at radius 2 is 2.10 bits per heavy atom. The highest BCUT2D eigenvalue weighted by Crippen LogP contribution is 2.20. The summed E-state index contributed by atoms with van der Waals surface area (Å²) in [5.41, 5.74) is 2.69. The summed E-state index contributed by atoms with van der Waals surface area (Å²) >= 11 is 3.37. The summed E-state index contributed by atoms with van der Waals surface area (Å²) in [4.78, 5) is 0.269. The van der Waals surface area contributed by atoms with Crippen molar-refractivity contribution in [1.29, 1.82) is 0 Å². The van der Waals surface area contributed by atoms with E-state index >= 15 is 0 Å². The van der Waals surface area contributed by atoms with Crippen molar-refractivity contribution in [3.63, 3.8) is 0 Å². The van der Waals surface area contributed by atoms with Crippen LogP contribution in [0.5, 0.6) is 0 Å². The van der Waals surface area contributed by atoms with Crippen LogP contribution in [0.4, 0.5) is 0 Å². The molecule has 0 saturated carbocycles. The second-order valence-electron chi connectivity index (χ2n) is 4.86. The zero-order chi connectivity index (χ0) is 15.6. The van der Waals surface area contributed by atoms with Crippen LogP contribution in [-0.4, -0.2) is 18.2 Å². The Kier molecular flexibility index (Phi) is 4.85. The van der Waals surface area contributed by atoms with E-state index in [2.05, 4.69) is 25.8 Å². The predicted molar refractivity (Wildman–Crippen MR) is 85.5 cm³/mol. The molecule has 2 rings (SSSR count). The van der Waals surface area contributed by atoms with Gasteiger partial charge in [0.2, 0.25) is 10.0 Å². The van der Waals surface area contributed by atoms with Gasteiger partial charge in [-0.3, -0.25) is 4.68 Å². The van der Waals surface area contributed by atoms with Gasteiger partial charge in [-0.25, -0.2) is 13.1 Å². The summed E-state index contributed by atoms with van der Waals surface area (Å²) in [6.45, 7) is 4.10. The van der Waals surface area contributed by atoms with Crippen molar-refractivity contribution in [1.82, 2.24) is 14.5 Å². The number of halogens is 1. The third kappa shape index (κ3) is 3.72. The highest BCUT2D eigenvalue weighted by Gasteiger charge is 2.16. The Balaban J connectivity index is 2.19. The first-order chi connectivity index (χ1) is 9.83. The van der Waals surface area contributed by atoms with Crippen molar-refractivity contribution >= 4 is 26.0 Å². The molecule has 0 atom stereocenters. The maximum Gasteiger partial charge on any atom is 0.240 e. The van der Waals surface area contributed by atoms with Crippen molar-refractivity contribution in [3.8, 4) is 0 Å². The zero-order valence-electron chi connectivity index (χ0n) is 12.2. The first-order valence-corrected chi connectivity index (χ1v) is 8.88. The van der Waals surface area contributed by atoms with Crippen LogP contribution in [0.2, 0.25) is 0 Å². The van der Waals surface area contributed by atoms with Gasteiger partial charge in [-0.15, -0.1) is 0 Å². The Labute approximate surface area is 133 Å². The van der Waals surface area contributed by atoms with E-state index in [0.717, 1.165) is 27.7 Å². The second-order valence-corrected chi connectivity index (χ2v) is 7.49. The SMILES string of the molecule is CCc1nn(C)cc1CNS(=O)(=O)c1ccc(Br)c(C)c1. The Hall–Kier alpha value is -1.18. The number of sulfonamides is 1. The highest BCUT2D eigenvalue weighted by atomic mass is 79.9. The highest BCUT2D eigenvalue weighted by molar-refractivity contribution is 9.10. The van der Waals surface area contributed by atoms with Gasteiger partial charge >= 0.3 is 0 Å². The molecular formula is C14H18BrN3O2S. The monoisotopic (exact) mass is 371 g/mol. The summed E-state index contributed by atoms with van der Waals surface area (Å²) in [6.07, 6.45) is 2.61. The minimum absolute atomic E-state index is 0.245. The van der Waals surface area contributed by atoms with Crippen LogP contribution in [0.1, 0.15) is 23.7 Å². The van der Waals surface area contributed by atoms with Crippen molar-refractivity contribution in [2.75, 3.05) is 0 Å². The fourth-order valence-corrected chi connectivity index (χ4v) is 3.41. The van der Waals surface area contributed by atoms with E-state index in [0.29, 0.717) is 0 Å². The van der Waals surface area contributed by atoms with Crippen molar-refractivity contribution in [3.05, 3.63) is 45.7 Å². The van der Waals surface area contributed by atoms with E-state index < -0.39 is 10.0 Å². The van der Waals surface area contributed by atoms with Gasteiger partial charge in [0.25, 0.3) is 0 Å². The van der Waals surface area contributed by atoms with Gasteiger partial charge in [0.15, 0.2) is 0 Å². The minimum atomic E-state index is -3.52. The fourth-order valence-electron chi connectivity index (χ4n) is 2.07. The van der Waals surface area contributed by atoms with Crippen LogP contribution < -0.4 is 4.72 Å². The Morgan fingerprint density at radius 1 is 1.38 bits per heavy atom. The summed E-state index contributed by atoms with van der Waals surface area (Å²) < 4.78 is 29.9. The van der Waals surface area contributed by atoms with Gasteiger partial charge < -0.3 is 0 Å². The van der Waals surface area contributed by atoms with Crippen LogP contribution in [0.15, 0.2) is 33.8 Å². The van der Waals surface area contributed by atoms with Crippen LogP contribution in [-0.2, 0) is 30.0 Å². The lowest BCUT2D eigenvalue weighted by atomic mass is 10.2. The third-order valence-corrected chi connectivity index (χ3v) is 5.51. The van der Waals surface area contributed by atoms with Crippen molar-refractivity contribution < 1.29 is 8.42 Å². The number of nitrogens with one attached hydrogen (secondary N) is 1. The van der Waals surface area contributed by atoms with Gasteiger partial charge in [0.1, 0.15) is 0 Å². The molecule has 0 radical (unpaired) electrons. The van der Waals surface area contributed by atoms with Crippen LogP contribution in [0, 0.1) is 6.92 Å². The number of aromatic nitrogens is 2. The van der Waals surface area contributed by atoms with Crippen LogP contribution in [0.25, 0.3) is 0 Å². The van der Waals surface area contributed by atoms with Gasteiger partial charge in [0, 0.05) is 29.8 Å². The summed E-state index contributed by atoms with van der Waals surface area (Å²) in [5, 5.41) is 4.30. The first-order valence-electron chi connectivity index (χ1n) is 6.60. The molecule has 0 aliphatic heterocycles. The molecule has 1 aromatic carbocycles. The molecular weight excluding hydrogens is 354 g/mol. The number of nitrogens with zero attached hydrogens (tertiary/aromatic N) is 2. The van der Waals surface area contributed by atoms with E-state index in [4.69, 9.17) is 0 Å². The van der Waals surface area contributed by atoms with Crippen molar-refractivity contribution in [2.24, 2.45) is 7.05 Å². The minimum Gasteiger partial charge on any atom is -0.275 e. The molecule has 0 amide bonds. The molecule has 21 heavy (non-hydrogen) atoms. The molecule has 2 aromatic rings. The second kappa shape index (κ2) is 6.29. The van der Waals surface area contributed by atoms with E-state index in [-0.39, 0.29) is 11.4 Å². The molecule has 7 heteroatoms. The van der Waals surface area contributed by atoms with Crippen LogP contribution in [0.3, 0.4) is 0 Å². The third-order valence-electron chi connectivity index (χ3n) is 3.22. The fraction of sp³-hybridized carbons (Fsp3) is 0.357. The lowest BCUT2D eigenvalue weighted by molar-refractivity contribution is 0.581. The topological polar surface area (TPSA) is 64.0 Å². The average molecular weight is 372 g/mol. The van der Waals surface area contributed by atoms with Gasteiger partial charge in [-0.05, 0) is 37.1 Å². The Morgan fingerprint density at radius 3 is 2.71 bits per heavy atom. The summed E-state index contributed by atoms with van der Waals surface area (Å²) in [5.74, 6) is 0. The van der Waals surface area contributed by atoms with Gasteiger partial charge in [-0.2, -0.15) is 5.10 Å². The van der Waals surface area contributed by atoms with E-state index in [1.54, 1.807) is 22.9 Å². The van der Waals surface area contributed by atoms with Crippen LogP contribution >= 0.6 is 15.9 Å². The quantitative estimate of drug-likeness (QED) is 0.877. The molecule has 0 saturated heterocycles. The molecule has 0 bridgehead atoms. The summed E-state index contributed by atoms with van der Waals surface area (Å²) in [7, 11) is -1.69. The maximum atomic E-state index is 12.3. The standard InChI is InChI=1S/C14H18BrN3O2S/c1-4-14-11(9-18(3)17-14)8-16-21(19,20)12-5-6-13(15)10(2)7-12/h5-7,9,16H,4,8H2,1-3H3. The summed E-state index contributed by atoms with van der Waals surface area (Å²) in [6, 6.07) is 4.98. The first kappa shape index (κ1) is 16.2. The van der Waals surface area contributed by atoms with E-state index in [1.165, 1.54) is 0 Å². The molecule has 1 aromatic heterocycles. The van der Waals surface area contributed by atoms with Crippen molar-refractivity contribution in [2.45, 2.75) is 31.7 Å². The van der Waals surface area contributed by atoms with Gasteiger partial charge in [0.05, 0.1) is 10.6 Å². The molecule has 1 heterocycles. The van der Waals surface area contributed by atoms with E-state index in [1.807, 2.05) is 27.1 Å². The maximum absolute atomic E-state index is 12.3. The molecule has 0 spiro atoms. The smallest absolute Gasteiger partial charge is 0.240 e. The molecule has 0 aliphatic rings. The number of rotatable bonds is 5. The molecule has 1 N–H and O–H groups in total. The van der Waals surface area contributed by atoms with Gasteiger partial charge in [-0.1, -0.05) is 22.9 Å². The Bertz CT molecular complexity index is 754.